The molecule has 0 aliphatic heterocycles. The van der Waals surface area contributed by atoms with Crippen LogP contribution in [-0.4, -0.2) is 15.5 Å². The predicted molar refractivity (Wildman–Crippen MR) is 72.7 cm³/mol. The molecule has 2 aromatic heterocycles. The van der Waals surface area contributed by atoms with Gasteiger partial charge < -0.3 is 15.6 Å². The number of aromatic nitrogens is 2. The molecule has 0 saturated heterocycles. The van der Waals surface area contributed by atoms with Crippen molar-refractivity contribution in [1.82, 2.24) is 9.55 Å². The summed E-state index contributed by atoms with van der Waals surface area (Å²) in [5.74, 6) is -0.305. The lowest BCUT2D eigenvalue weighted by Gasteiger charge is -2.08. The molecule has 0 saturated carbocycles. The van der Waals surface area contributed by atoms with Crippen molar-refractivity contribution in [3.8, 4) is 0 Å². The van der Waals surface area contributed by atoms with E-state index in [0.717, 1.165) is 5.56 Å². The number of anilines is 2. The lowest BCUT2D eigenvalue weighted by Crippen LogP contribution is -2.27. The summed E-state index contributed by atoms with van der Waals surface area (Å²) < 4.78 is 1.26. The molecule has 0 aliphatic carbocycles. The zero-order valence-corrected chi connectivity index (χ0v) is 10.5. The molecule has 2 heterocycles. The lowest BCUT2D eigenvalue weighted by molar-refractivity contribution is -0.116. The highest BCUT2D eigenvalue weighted by Crippen LogP contribution is 2.07. The zero-order chi connectivity index (χ0) is 13.8. The number of amides is 1. The number of pyridine rings is 2. The molecule has 6 heteroatoms. The van der Waals surface area contributed by atoms with Gasteiger partial charge in [-0.1, -0.05) is 0 Å². The molecule has 98 valence electrons. The van der Waals surface area contributed by atoms with E-state index in [1.807, 2.05) is 6.92 Å². The molecule has 0 spiro atoms. The van der Waals surface area contributed by atoms with Gasteiger partial charge in [0, 0.05) is 24.1 Å². The van der Waals surface area contributed by atoms with Crippen LogP contribution in [0.15, 0.2) is 41.6 Å². The van der Waals surface area contributed by atoms with Gasteiger partial charge in [0.25, 0.3) is 5.56 Å². The van der Waals surface area contributed by atoms with Gasteiger partial charge in [0.15, 0.2) is 0 Å². The number of hydrogen-bond donors (Lipinski definition) is 2. The molecule has 6 nitrogen and oxygen atoms in total. The van der Waals surface area contributed by atoms with E-state index in [1.54, 1.807) is 18.5 Å². The lowest BCUT2D eigenvalue weighted by atomic mass is 10.3. The van der Waals surface area contributed by atoms with Gasteiger partial charge in [-0.05, 0) is 24.6 Å². The Kier molecular flexibility index (Phi) is 3.61. The van der Waals surface area contributed by atoms with Crippen molar-refractivity contribution in [2.45, 2.75) is 13.5 Å². The summed E-state index contributed by atoms with van der Waals surface area (Å²) in [6, 6.07) is 4.63. The monoisotopic (exact) mass is 258 g/mol. The Bertz CT molecular complexity index is 664. The number of carbonyl (C=O) groups excluding carboxylic acids is 1. The van der Waals surface area contributed by atoms with E-state index in [0.29, 0.717) is 11.4 Å². The third kappa shape index (κ3) is 3.41. The molecule has 2 rings (SSSR count). The van der Waals surface area contributed by atoms with Gasteiger partial charge in [-0.25, -0.2) is 0 Å². The van der Waals surface area contributed by atoms with Crippen molar-refractivity contribution < 1.29 is 4.79 Å². The van der Waals surface area contributed by atoms with Crippen molar-refractivity contribution in [2.24, 2.45) is 0 Å². The molecule has 0 aromatic carbocycles. The Morgan fingerprint density at radius 1 is 1.42 bits per heavy atom. The first-order chi connectivity index (χ1) is 9.04. The first kappa shape index (κ1) is 12.8. The van der Waals surface area contributed by atoms with Crippen molar-refractivity contribution in [3.63, 3.8) is 0 Å². The minimum absolute atomic E-state index is 0.0855. The second kappa shape index (κ2) is 5.34. The number of nitrogens with two attached hydrogens (primary N) is 1. The minimum atomic E-state index is -0.305. The van der Waals surface area contributed by atoms with Gasteiger partial charge in [0.05, 0.1) is 11.9 Å². The first-order valence-electron chi connectivity index (χ1n) is 5.72. The van der Waals surface area contributed by atoms with Crippen LogP contribution in [0.2, 0.25) is 0 Å². The molecular formula is C13H14N4O2. The summed E-state index contributed by atoms with van der Waals surface area (Å²) in [5, 5.41) is 2.68. The van der Waals surface area contributed by atoms with Gasteiger partial charge in [0.1, 0.15) is 6.54 Å². The molecule has 19 heavy (non-hydrogen) atoms. The highest BCUT2D eigenvalue weighted by Gasteiger charge is 2.05. The summed E-state index contributed by atoms with van der Waals surface area (Å²) in [5.41, 5.74) is 7.28. The molecule has 0 fully saturated rings. The summed E-state index contributed by atoms with van der Waals surface area (Å²) in [7, 11) is 0. The molecule has 0 aliphatic rings. The summed E-state index contributed by atoms with van der Waals surface area (Å²) in [6.07, 6.45) is 4.68. The van der Waals surface area contributed by atoms with Gasteiger partial charge in [-0.3, -0.25) is 14.6 Å². The molecular weight excluding hydrogens is 244 g/mol. The number of nitrogen functional groups attached to an aromatic ring is 1. The molecule has 0 atom stereocenters. The van der Waals surface area contributed by atoms with Crippen LogP contribution in [0.4, 0.5) is 11.4 Å². The maximum Gasteiger partial charge on any atom is 0.251 e. The second-order valence-electron chi connectivity index (χ2n) is 4.23. The Labute approximate surface area is 109 Å². The summed E-state index contributed by atoms with van der Waals surface area (Å²) in [6.45, 7) is 1.79. The van der Waals surface area contributed by atoms with Crippen LogP contribution in [0.1, 0.15) is 5.56 Å². The molecule has 2 aromatic rings. The average Bonchev–Trinajstić information content (AvgIpc) is 2.34. The van der Waals surface area contributed by atoms with Crippen LogP contribution in [0, 0.1) is 6.92 Å². The predicted octanol–water partition coefficient (Wildman–Crippen LogP) is 0.773. The second-order valence-corrected chi connectivity index (χ2v) is 4.23. The van der Waals surface area contributed by atoms with E-state index in [-0.39, 0.29) is 18.0 Å². The van der Waals surface area contributed by atoms with Crippen LogP contribution < -0.4 is 16.6 Å². The third-order valence-corrected chi connectivity index (χ3v) is 2.48. The standard InChI is InChI=1S/C13H14N4O2/c1-9-4-11(6-15-5-9)16-12(18)8-17-7-10(14)2-3-13(17)19/h2-7H,8,14H2,1H3,(H,16,18). The Morgan fingerprint density at radius 3 is 2.95 bits per heavy atom. The quantitative estimate of drug-likeness (QED) is 0.851. The SMILES string of the molecule is Cc1cncc(NC(=O)Cn2cc(N)ccc2=O)c1. The topological polar surface area (TPSA) is 90.0 Å². The molecule has 0 bridgehead atoms. The van der Waals surface area contributed by atoms with Gasteiger partial charge in [-0.2, -0.15) is 0 Å². The smallest absolute Gasteiger partial charge is 0.251 e. The van der Waals surface area contributed by atoms with E-state index < -0.39 is 0 Å². The fourth-order valence-electron chi connectivity index (χ4n) is 1.65. The van der Waals surface area contributed by atoms with E-state index in [2.05, 4.69) is 10.3 Å². The first-order valence-corrected chi connectivity index (χ1v) is 5.72. The van der Waals surface area contributed by atoms with Crippen LogP contribution in [-0.2, 0) is 11.3 Å². The molecule has 0 radical (unpaired) electrons. The van der Waals surface area contributed by atoms with Crippen molar-refractivity contribution in [3.05, 3.63) is 52.7 Å². The number of nitrogens with zero attached hydrogens (tertiary/aromatic N) is 2. The fourth-order valence-corrected chi connectivity index (χ4v) is 1.65. The summed E-state index contributed by atoms with van der Waals surface area (Å²) in [4.78, 5) is 27.3. The molecule has 3 N–H and O–H groups in total. The zero-order valence-electron chi connectivity index (χ0n) is 10.5. The van der Waals surface area contributed by atoms with Crippen LogP contribution in [0.3, 0.4) is 0 Å². The van der Waals surface area contributed by atoms with E-state index in [9.17, 15) is 9.59 Å². The van der Waals surface area contributed by atoms with Crippen LogP contribution in [0.25, 0.3) is 0 Å². The minimum Gasteiger partial charge on any atom is -0.398 e. The van der Waals surface area contributed by atoms with Gasteiger partial charge >= 0.3 is 0 Å². The highest BCUT2D eigenvalue weighted by molar-refractivity contribution is 5.90. The summed E-state index contributed by atoms with van der Waals surface area (Å²) >= 11 is 0. The van der Waals surface area contributed by atoms with Crippen molar-refractivity contribution >= 4 is 17.3 Å². The molecule has 1 amide bonds. The highest BCUT2D eigenvalue weighted by atomic mass is 16.2. The maximum absolute atomic E-state index is 11.8. The average molecular weight is 258 g/mol. The van der Waals surface area contributed by atoms with Gasteiger partial charge in [-0.15, -0.1) is 0 Å². The fraction of sp³-hybridized carbons (Fsp3) is 0.154. The van der Waals surface area contributed by atoms with Crippen LogP contribution >= 0.6 is 0 Å². The largest absolute Gasteiger partial charge is 0.398 e. The van der Waals surface area contributed by atoms with Gasteiger partial charge in [0.2, 0.25) is 5.91 Å². The number of aryl methyl sites for hydroxylation is 1. The normalized spacial score (nSPS) is 10.2. The van der Waals surface area contributed by atoms with Crippen molar-refractivity contribution in [2.75, 3.05) is 11.1 Å². The van der Waals surface area contributed by atoms with E-state index in [4.69, 9.17) is 5.73 Å². The van der Waals surface area contributed by atoms with Crippen LogP contribution in [0.5, 0.6) is 0 Å². The Balaban J connectivity index is 2.09. The number of carbonyl (C=O) groups is 1. The number of rotatable bonds is 3. The van der Waals surface area contributed by atoms with E-state index in [1.165, 1.54) is 22.9 Å². The molecule has 0 unspecified atom stereocenters. The van der Waals surface area contributed by atoms with E-state index >= 15 is 0 Å². The maximum atomic E-state index is 11.8. The number of hydrogen-bond acceptors (Lipinski definition) is 4. The Morgan fingerprint density at radius 2 is 2.21 bits per heavy atom. The Hall–Kier alpha value is -2.63. The van der Waals surface area contributed by atoms with Crippen molar-refractivity contribution in [1.29, 1.82) is 0 Å². The number of nitrogens with one attached hydrogen (secondary N) is 1. The third-order valence-electron chi connectivity index (χ3n) is 2.48.